The summed E-state index contributed by atoms with van der Waals surface area (Å²) in [6.07, 6.45) is 0.367. The van der Waals surface area contributed by atoms with Crippen molar-refractivity contribution in [1.29, 1.82) is 0 Å². The molecule has 0 radical (unpaired) electrons. The molecule has 8 heteroatoms. The fourth-order valence-corrected chi connectivity index (χ4v) is 3.51. The number of carbonyl (C=O) groups excluding carboxylic acids is 1. The van der Waals surface area contributed by atoms with E-state index in [-0.39, 0.29) is 17.3 Å². The number of amides is 1. The van der Waals surface area contributed by atoms with Gasteiger partial charge in [-0.05, 0) is 45.0 Å². The molecule has 0 saturated carbocycles. The van der Waals surface area contributed by atoms with Crippen LogP contribution in [0.5, 0.6) is 0 Å². The van der Waals surface area contributed by atoms with E-state index < -0.39 is 10.0 Å². The minimum absolute atomic E-state index is 0.118. The van der Waals surface area contributed by atoms with E-state index >= 15 is 0 Å². The first-order valence-corrected chi connectivity index (χ1v) is 9.69. The molecule has 7 nitrogen and oxygen atoms in total. The van der Waals surface area contributed by atoms with Gasteiger partial charge >= 0.3 is 0 Å². The van der Waals surface area contributed by atoms with Crippen LogP contribution in [0.3, 0.4) is 0 Å². The maximum atomic E-state index is 12.5. The Kier molecular flexibility index (Phi) is 5.97. The second-order valence-electron chi connectivity index (χ2n) is 5.72. The predicted octanol–water partition coefficient (Wildman–Crippen LogP) is 2.35. The SMILES string of the molecule is CCC(=O)Nc1ccc(S(=O)(=O)NCc2c(C)nn(CC)c2C)cc1. The van der Waals surface area contributed by atoms with Gasteiger partial charge in [0.25, 0.3) is 0 Å². The number of benzene rings is 1. The highest BCUT2D eigenvalue weighted by Gasteiger charge is 2.17. The molecule has 2 aromatic rings. The van der Waals surface area contributed by atoms with E-state index in [1.807, 2.05) is 25.5 Å². The molecule has 2 N–H and O–H groups in total. The van der Waals surface area contributed by atoms with Gasteiger partial charge in [0.05, 0.1) is 10.6 Å². The van der Waals surface area contributed by atoms with Gasteiger partial charge in [-0.1, -0.05) is 6.92 Å². The smallest absolute Gasteiger partial charge is 0.240 e. The molecule has 0 aliphatic heterocycles. The summed E-state index contributed by atoms with van der Waals surface area (Å²) in [5, 5.41) is 7.08. The lowest BCUT2D eigenvalue weighted by Gasteiger charge is -2.09. The molecule has 0 unspecified atom stereocenters. The summed E-state index contributed by atoms with van der Waals surface area (Å²) in [5.41, 5.74) is 3.24. The average Bonchev–Trinajstić information content (AvgIpc) is 2.87. The van der Waals surface area contributed by atoms with Crippen molar-refractivity contribution in [3.05, 3.63) is 41.2 Å². The molecule has 25 heavy (non-hydrogen) atoms. The van der Waals surface area contributed by atoms with Crippen molar-refractivity contribution in [2.24, 2.45) is 0 Å². The molecule has 0 aliphatic rings. The first kappa shape index (κ1) is 19.1. The molecule has 1 amide bonds. The van der Waals surface area contributed by atoms with Crippen LogP contribution in [0.4, 0.5) is 5.69 Å². The van der Waals surface area contributed by atoms with Crippen molar-refractivity contribution < 1.29 is 13.2 Å². The van der Waals surface area contributed by atoms with Gasteiger partial charge in [-0.25, -0.2) is 13.1 Å². The first-order valence-electron chi connectivity index (χ1n) is 8.21. The Morgan fingerprint density at radius 2 is 1.80 bits per heavy atom. The van der Waals surface area contributed by atoms with Gasteiger partial charge in [0.15, 0.2) is 0 Å². The number of aromatic nitrogens is 2. The molecular weight excluding hydrogens is 340 g/mol. The summed E-state index contributed by atoms with van der Waals surface area (Å²) in [6, 6.07) is 6.10. The van der Waals surface area contributed by atoms with Crippen LogP contribution in [-0.2, 0) is 27.9 Å². The zero-order chi connectivity index (χ0) is 18.6. The molecule has 136 valence electrons. The predicted molar refractivity (Wildman–Crippen MR) is 96.8 cm³/mol. The molecule has 0 atom stereocenters. The normalized spacial score (nSPS) is 11.5. The maximum absolute atomic E-state index is 12.5. The maximum Gasteiger partial charge on any atom is 0.240 e. The molecule has 1 heterocycles. The minimum atomic E-state index is -3.64. The van der Waals surface area contributed by atoms with Crippen LogP contribution in [0.1, 0.15) is 37.2 Å². The third-order valence-electron chi connectivity index (χ3n) is 4.04. The molecule has 0 fully saturated rings. The Labute approximate surface area is 148 Å². The number of nitrogens with one attached hydrogen (secondary N) is 2. The van der Waals surface area contributed by atoms with Crippen molar-refractivity contribution in [2.45, 2.75) is 52.1 Å². The van der Waals surface area contributed by atoms with Crippen LogP contribution >= 0.6 is 0 Å². The number of nitrogens with zero attached hydrogens (tertiary/aromatic N) is 2. The van der Waals surface area contributed by atoms with Crippen molar-refractivity contribution >= 4 is 21.6 Å². The van der Waals surface area contributed by atoms with E-state index in [0.717, 1.165) is 23.5 Å². The fourth-order valence-electron chi connectivity index (χ4n) is 2.52. The summed E-state index contributed by atoms with van der Waals surface area (Å²) in [6.45, 7) is 8.47. The Morgan fingerprint density at radius 3 is 2.32 bits per heavy atom. The lowest BCUT2D eigenvalue weighted by molar-refractivity contribution is -0.115. The zero-order valence-corrected chi connectivity index (χ0v) is 15.8. The molecule has 2 rings (SSSR count). The monoisotopic (exact) mass is 364 g/mol. The van der Waals surface area contributed by atoms with E-state index in [0.29, 0.717) is 12.1 Å². The van der Waals surface area contributed by atoms with Gasteiger partial charge < -0.3 is 5.32 Å². The third kappa shape index (κ3) is 4.46. The molecule has 1 aromatic carbocycles. The van der Waals surface area contributed by atoms with Gasteiger partial charge in [-0.2, -0.15) is 5.10 Å². The van der Waals surface area contributed by atoms with E-state index in [4.69, 9.17) is 0 Å². The highest BCUT2D eigenvalue weighted by atomic mass is 32.2. The van der Waals surface area contributed by atoms with Crippen LogP contribution in [-0.4, -0.2) is 24.1 Å². The molecule has 0 saturated heterocycles. The Hall–Kier alpha value is -2.19. The van der Waals surface area contributed by atoms with Crippen LogP contribution < -0.4 is 10.0 Å². The van der Waals surface area contributed by atoms with Crippen LogP contribution in [0.25, 0.3) is 0 Å². The molecule has 0 aliphatic carbocycles. The number of hydrogen-bond acceptors (Lipinski definition) is 4. The number of sulfonamides is 1. The van der Waals surface area contributed by atoms with Crippen molar-refractivity contribution in [1.82, 2.24) is 14.5 Å². The van der Waals surface area contributed by atoms with Crippen molar-refractivity contribution in [2.75, 3.05) is 5.32 Å². The van der Waals surface area contributed by atoms with E-state index in [1.165, 1.54) is 12.1 Å². The molecule has 0 spiro atoms. The van der Waals surface area contributed by atoms with Crippen LogP contribution in [0.15, 0.2) is 29.2 Å². The zero-order valence-electron chi connectivity index (χ0n) is 15.0. The van der Waals surface area contributed by atoms with Crippen LogP contribution in [0.2, 0.25) is 0 Å². The highest BCUT2D eigenvalue weighted by Crippen LogP contribution is 2.17. The Balaban J connectivity index is 2.11. The fraction of sp³-hybridized carbons (Fsp3) is 0.412. The minimum Gasteiger partial charge on any atom is -0.326 e. The number of hydrogen-bond donors (Lipinski definition) is 2. The van der Waals surface area contributed by atoms with Crippen molar-refractivity contribution in [3.63, 3.8) is 0 Å². The number of rotatable bonds is 7. The van der Waals surface area contributed by atoms with Gasteiger partial charge in [0, 0.05) is 36.5 Å². The topological polar surface area (TPSA) is 93.1 Å². The summed E-state index contributed by atoms with van der Waals surface area (Å²) < 4.78 is 29.4. The Bertz CT molecular complexity index is 855. The summed E-state index contributed by atoms with van der Waals surface area (Å²) in [4.78, 5) is 11.5. The molecule has 1 aromatic heterocycles. The average molecular weight is 364 g/mol. The van der Waals surface area contributed by atoms with E-state index in [9.17, 15) is 13.2 Å². The Morgan fingerprint density at radius 1 is 1.16 bits per heavy atom. The molecule has 0 bridgehead atoms. The van der Waals surface area contributed by atoms with Gasteiger partial charge in [-0.3, -0.25) is 9.48 Å². The van der Waals surface area contributed by atoms with Gasteiger partial charge in [0.2, 0.25) is 15.9 Å². The largest absolute Gasteiger partial charge is 0.326 e. The number of aryl methyl sites for hydroxylation is 2. The molecular formula is C17H24N4O3S. The first-order chi connectivity index (χ1) is 11.8. The lowest BCUT2D eigenvalue weighted by atomic mass is 10.2. The standard InChI is InChI=1S/C17H24N4O3S/c1-5-17(22)19-14-7-9-15(10-8-14)25(23,24)18-11-16-12(3)20-21(6-2)13(16)4/h7-10,18H,5-6,11H2,1-4H3,(H,19,22). The number of carbonyl (C=O) groups is 1. The van der Waals surface area contributed by atoms with E-state index in [2.05, 4.69) is 15.1 Å². The summed E-state index contributed by atoms with van der Waals surface area (Å²) in [7, 11) is -3.64. The summed E-state index contributed by atoms with van der Waals surface area (Å²) in [5.74, 6) is -0.118. The second-order valence-corrected chi connectivity index (χ2v) is 7.48. The lowest BCUT2D eigenvalue weighted by Crippen LogP contribution is -2.24. The van der Waals surface area contributed by atoms with Crippen LogP contribution in [0, 0.1) is 13.8 Å². The van der Waals surface area contributed by atoms with Gasteiger partial charge in [-0.15, -0.1) is 0 Å². The highest BCUT2D eigenvalue weighted by molar-refractivity contribution is 7.89. The second kappa shape index (κ2) is 7.79. The number of anilines is 1. The van der Waals surface area contributed by atoms with E-state index in [1.54, 1.807) is 19.1 Å². The van der Waals surface area contributed by atoms with Gasteiger partial charge in [0.1, 0.15) is 0 Å². The third-order valence-corrected chi connectivity index (χ3v) is 5.46. The van der Waals surface area contributed by atoms with Crippen molar-refractivity contribution in [3.8, 4) is 0 Å². The summed E-state index contributed by atoms with van der Waals surface area (Å²) >= 11 is 0. The quantitative estimate of drug-likeness (QED) is 0.789.